The average molecular weight is 357 g/mol. The van der Waals surface area contributed by atoms with E-state index in [4.69, 9.17) is 9.47 Å². The van der Waals surface area contributed by atoms with Crippen molar-refractivity contribution in [3.63, 3.8) is 0 Å². The van der Waals surface area contributed by atoms with Gasteiger partial charge in [0, 0.05) is 38.4 Å². The Morgan fingerprint density at radius 3 is 2.73 bits per heavy atom. The number of imidazole rings is 1. The van der Waals surface area contributed by atoms with E-state index in [0.717, 1.165) is 50.4 Å². The SMILES string of the molecule is COc1ccc(OCCCN2CCCC(C(=O)c3nccn3C)C2)cc1. The minimum absolute atomic E-state index is 0.0485. The number of nitrogens with zero attached hydrogens (tertiary/aromatic N) is 3. The van der Waals surface area contributed by atoms with Gasteiger partial charge in [-0.3, -0.25) is 4.79 Å². The van der Waals surface area contributed by atoms with Crippen molar-refractivity contribution in [3.05, 3.63) is 42.5 Å². The van der Waals surface area contributed by atoms with E-state index in [9.17, 15) is 4.79 Å². The molecule has 6 nitrogen and oxygen atoms in total. The van der Waals surface area contributed by atoms with Crippen LogP contribution in [0.4, 0.5) is 0 Å². The summed E-state index contributed by atoms with van der Waals surface area (Å²) >= 11 is 0. The first kappa shape index (κ1) is 18.5. The van der Waals surface area contributed by atoms with Crippen LogP contribution < -0.4 is 9.47 Å². The normalized spacial score (nSPS) is 17.8. The molecule has 1 atom stereocenters. The number of likely N-dealkylation sites (tertiary alicyclic amines) is 1. The van der Waals surface area contributed by atoms with Gasteiger partial charge in [-0.2, -0.15) is 0 Å². The highest BCUT2D eigenvalue weighted by Crippen LogP contribution is 2.21. The minimum Gasteiger partial charge on any atom is -0.497 e. The maximum Gasteiger partial charge on any atom is 0.202 e. The third kappa shape index (κ3) is 4.64. The molecule has 1 unspecified atom stereocenters. The summed E-state index contributed by atoms with van der Waals surface area (Å²) in [7, 11) is 3.53. The van der Waals surface area contributed by atoms with E-state index < -0.39 is 0 Å². The quantitative estimate of drug-likeness (QED) is 0.537. The zero-order valence-electron chi connectivity index (χ0n) is 15.6. The number of ether oxygens (including phenoxy) is 2. The van der Waals surface area contributed by atoms with Gasteiger partial charge in [0.05, 0.1) is 13.7 Å². The van der Waals surface area contributed by atoms with Crippen LogP contribution in [0.15, 0.2) is 36.7 Å². The molecule has 1 aromatic carbocycles. The van der Waals surface area contributed by atoms with Crippen LogP contribution in [0, 0.1) is 5.92 Å². The fourth-order valence-electron chi connectivity index (χ4n) is 3.41. The molecule has 0 saturated carbocycles. The van der Waals surface area contributed by atoms with Crippen molar-refractivity contribution >= 4 is 5.78 Å². The van der Waals surface area contributed by atoms with Crippen molar-refractivity contribution in [2.45, 2.75) is 19.3 Å². The molecule has 2 aromatic rings. The molecular weight excluding hydrogens is 330 g/mol. The van der Waals surface area contributed by atoms with E-state index in [0.29, 0.717) is 12.4 Å². The molecule has 1 saturated heterocycles. The zero-order valence-corrected chi connectivity index (χ0v) is 15.6. The lowest BCUT2D eigenvalue weighted by Crippen LogP contribution is -2.40. The zero-order chi connectivity index (χ0) is 18.4. The van der Waals surface area contributed by atoms with Crippen LogP contribution in [0.2, 0.25) is 0 Å². The summed E-state index contributed by atoms with van der Waals surface area (Å²) in [4.78, 5) is 19.2. The van der Waals surface area contributed by atoms with Gasteiger partial charge >= 0.3 is 0 Å². The van der Waals surface area contributed by atoms with Crippen LogP contribution in [0.5, 0.6) is 11.5 Å². The summed E-state index contributed by atoms with van der Waals surface area (Å²) in [6.07, 6.45) is 6.45. The lowest BCUT2D eigenvalue weighted by molar-refractivity contribution is 0.0800. The number of aromatic nitrogens is 2. The molecule has 1 aromatic heterocycles. The minimum atomic E-state index is 0.0485. The molecule has 140 valence electrons. The third-order valence-corrected chi connectivity index (χ3v) is 4.86. The Hall–Kier alpha value is -2.34. The first-order valence-electron chi connectivity index (χ1n) is 9.18. The summed E-state index contributed by atoms with van der Waals surface area (Å²) in [6.45, 7) is 3.47. The standard InChI is InChI=1S/C20H27N3O3/c1-22-13-10-21-20(22)19(24)16-5-3-11-23(15-16)12-4-14-26-18-8-6-17(25-2)7-9-18/h6-10,13,16H,3-5,11-12,14-15H2,1-2H3. The van der Waals surface area contributed by atoms with Crippen molar-refractivity contribution in [2.24, 2.45) is 13.0 Å². The van der Waals surface area contributed by atoms with Crippen LogP contribution in [0.3, 0.4) is 0 Å². The third-order valence-electron chi connectivity index (χ3n) is 4.86. The molecule has 0 spiro atoms. The molecule has 0 N–H and O–H groups in total. The number of hydrogen-bond acceptors (Lipinski definition) is 5. The van der Waals surface area contributed by atoms with Crippen molar-refractivity contribution in [3.8, 4) is 11.5 Å². The molecule has 0 bridgehead atoms. The smallest absolute Gasteiger partial charge is 0.202 e. The van der Waals surface area contributed by atoms with Gasteiger partial charge in [0.1, 0.15) is 11.5 Å². The van der Waals surface area contributed by atoms with E-state index in [-0.39, 0.29) is 11.7 Å². The fourth-order valence-corrected chi connectivity index (χ4v) is 3.41. The molecule has 0 radical (unpaired) electrons. The lowest BCUT2D eigenvalue weighted by Gasteiger charge is -2.31. The Balaban J connectivity index is 1.42. The Bertz CT molecular complexity index is 711. The van der Waals surface area contributed by atoms with E-state index >= 15 is 0 Å². The summed E-state index contributed by atoms with van der Waals surface area (Å²) < 4.78 is 12.7. The van der Waals surface area contributed by atoms with E-state index in [1.165, 1.54) is 0 Å². The summed E-state index contributed by atoms with van der Waals surface area (Å²) in [5.41, 5.74) is 0. The molecule has 3 rings (SSSR count). The summed E-state index contributed by atoms with van der Waals surface area (Å²) in [5, 5.41) is 0. The van der Waals surface area contributed by atoms with Gasteiger partial charge in [0.2, 0.25) is 5.78 Å². The number of ketones is 1. The van der Waals surface area contributed by atoms with Crippen molar-refractivity contribution in [2.75, 3.05) is 33.4 Å². The maximum absolute atomic E-state index is 12.6. The molecule has 1 aliphatic rings. The van der Waals surface area contributed by atoms with Crippen LogP contribution in [0.1, 0.15) is 29.9 Å². The molecule has 0 amide bonds. The molecule has 2 heterocycles. The van der Waals surface area contributed by atoms with Gasteiger partial charge in [0.15, 0.2) is 5.82 Å². The molecule has 0 aliphatic carbocycles. The first-order chi connectivity index (χ1) is 12.7. The van der Waals surface area contributed by atoms with Gasteiger partial charge in [-0.15, -0.1) is 0 Å². The van der Waals surface area contributed by atoms with Gasteiger partial charge in [-0.1, -0.05) is 0 Å². The topological polar surface area (TPSA) is 56.6 Å². The Morgan fingerprint density at radius 1 is 1.27 bits per heavy atom. The Kier molecular flexibility index (Phi) is 6.28. The van der Waals surface area contributed by atoms with Crippen molar-refractivity contribution in [1.29, 1.82) is 0 Å². The number of Topliss-reactive ketones (excluding diaryl/α,β-unsaturated/α-hetero) is 1. The lowest BCUT2D eigenvalue weighted by atomic mass is 9.93. The number of carbonyl (C=O) groups is 1. The molecule has 26 heavy (non-hydrogen) atoms. The molecular formula is C20H27N3O3. The Morgan fingerprint density at radius 2 is 2.04 bits per heavy atom. The second-order valence-electron chi connectivity index (χ2n) is 6.74. The number of hydrogen-bond donors (Lipinski definition) is 0. The number of carbonyl (C=O) groups excluding carboxylic acids is 1. The number of piperidine rings is 1. The van der Waals surface area contributed by atoms with E-state index in [2.05, 4.69) is 9.88 Å². The largest absolute Gasteiger partial charge is 0.497 e. The van der Waals surface area contributed by atoms with Crippen molar-refractivity contribution < 1.29 is 14.3 Å². The van der Waals surface area contributed by atoms with Crippen molar-refractivity contribution in [1.82, 2.24) is 14.5 Å². The average Bonchev–Trinajstić information content (AvgIpc) is 3.11. The number of aryl methyl sites for hydroxylation is 1. The summed E-state index contributed by atoms with van der Waals surface area (Å²) in [6, 6.07) is 7.63. The van der Waals surface area contributed by atoms with Crippen LogP contribution in [-0.2, 0) is 7.05 Å². The predicted molar refractivity (Wildman–Crippen MR) is 99.8 cm³/mol. The molecule has 1 aliphatic heterocycles. The monoisotopic (exact) mass is 357 g/mol. The van der Waals surface area contributed by atoms with Crippen LogP contribution >= 0.6 is 0 Å². The molecule has 6 heteroatoms. The highest BCUT2D eigenvalue weighted by Gasteiger charge is 2.28. The van der Waals surface area contributed by atoms with E-state index in [1.54, 1.807) is 13.3 Å². The fraction of sp³-hybridized carbons (Fsp3) is 0.500. The molecule has 1 fully saturated rings. The van der Waals surface area contributed by atoms with Gasteiger partial charge in [-0.05, 0) is 50.1 Å². The second kappa shape index (κ2) is 8.85. The maximum atomic E-state index is 12.6. The van der Waals surface area contributed by atoms with Gasteiger partial charge in [-0.25, -0.2) is 4.98 Å². The van der Waals surface area contributed by atoms with E-state index in [1.807, 2.05) is 42.1 Å². The number of benzene rings is 1. The summed E-state index contributed by atoms with van der Waals surface area (Å²) in [5.74, 6) is 2.46. The van der Waals surface area contributed by atoms with Crippen LogP contribution in [-0.4, -0.2) is 53.6 Å². The number of methoxy groups -OCH3 is 1. The first-order valence-corrected chi connectivity index (χ1v) is 9.18. The highest BCUT2D eigenvalue weighted by molar-refractivity contribution is 5.94. The number of rotatable bonds is 8. The predicted octanol–water partition coefficient (Wildman–Crippen LogP) is 2.79. The van der Waals surface area contributed by atoms with Gasteiger partial charge < -0.3 is 18.9 Å². The Labute approximate surface area is 154 Å². The van der Waals surface area contributed by atoms with Gasteiger partial charge in [0.25, 0.3) is 0 Å². The highest BCUT2D eigenvalue weighted by atomic mass is 16.5. The van der Waals surface area contributed by atoms with Crippen LogP contribution in [0.25, 0.3) is 0 Å². The second-order valence-corrected chi connectivity index (χ2v) is 6.74.